The summed E-state index contributed by atoms with van der Waals surface area (Å²) in [6.07, 6.45) is 29.4. The quantitative estimate of drug-likeness (QED) is 0.423. The molecule has 0 bridgehead atoms. The largest absolute Gasteiger partial charge is 0.321 e. The van der Waals surface area contributed by atoms with Crippen molar-refractivity contribution in [2.75, 3.05) is 0 Å². The van der Waals surface area contributed by atoms with Crippen molar-refractivity contribution in [1.29, 1.82) is 0 Å². The van der Waals surface area contributed by atoms with Crippen molar-refractivity contribution < 1.29 is 0 Å². The Morgan fingerprint density at radius 3 is 2.64 bits per heavy atom. The average Bonchev–Trinajstić information content (AvgIpc) is 2.98. The molecule has 3 aliphatic carbocycles. The minimum absolute atomic E-state index is 0.0981. The maximum Gasteiger partial charge on any atom is 0.0464 e. The first-order chi connectivity index (χ1) is 12.4. The van der Waals surface area contributed by atoms with Crippen molar-refractivity contribution in [3.8, 4) is 0 Å². The summed E-state index contributed by atoms with van der Waals surface area (Å²) in [6.45, 7) is 0. The smallest absolute Gasteiger partial charge is 0.0464 e. The van der Waals surface area contributed by atoms with Gasteiger partial charge in [-0.05, 0) is 83.2 Å². The second-order valence-corrected chi connectivity index (χ2v) is 10.5. The van der Waals surface area contributed by atoms with Crippen molar-refractivity contribution in [3.05, 3.63) is 48.7 Å². The molecule has 2 unspecified atom stereocenters. The molecule has 0 saturated heterocycles. The maximum absolute atomic E-state index is 2.59. The topological polar surface area (TPSA) is 4.93 Å². The van der Waals surface area contributed by atoms with Gasteiger partial charge in [0.15, 0.2) is 0 Å². The van der Waals surface area contributed by atoms with E-state index in [1.54, 1.807) is 5.44 Å². The predicted octanol–water partition coefficient (Wildman–Crippen LogP) is 6.62. The molecule has 0 spiro atoms. The fourth-order valence-electron chi connectivity index (χ4n) is 4.80. The summed E-state index contributed by atoms with van der Waals surface area (Å²) in [5, 5.41) is 0. The zero-order valence-electron chi connectivity index (χ0n) is 15.4. The molecule has 1 aromatic rings. The molecule has 0 N–H and O–H groups in total. The summed E-state index contributed by atoms with van der Waals surface area (Å²) < 4.78 is 2.58. The predicted molar refractivity (Wildman–Crippen MR) is 112 cm³/mol. The number of allylic oxidation sites excluding steroid dienone is 6. The number of rotatable bonds is 4. The number of aromatic nitrogens is 1. The van der Waals surface area contributed by atoms with E-state index in [-0.39, 0.29) is 7.92 Å². The Morgan fingerprint density at radius 2 is 1.80 bits per heavy atom. The van der Waals surface area contributed by atoms with Crippen LogP contribution in [0.25, 0.3) is 5.70 Å². The van der Waals surface area contributed by atoms with E-state index in [9.17, 15) is 0 Å². The van der Waals surface area contributed by atoms with Gasteiger partial charge in [-0.15, -0.1) is 0 Å². The molecule has 0 radical (unpaired) electrons. The minimum Gasteiger partial charge on any atom is -0.321 e. The lowest BCUT2D eigenvalue weighted by atomic mass is 10.0. The maximum atomic E-state index is 2.59. The summed E-state index contributed by atoms with van der Waals surface area (Å²) in [5.74, 6) is 0. The highest BCUT2D eigenvalue weighted by Crippen LogP contribution is 2.53. The number of nitrogens with zero attached hydrogens (tertiary/aromatic N) is 1. The van der Waals surface area contributed by atoms with Gasteiger partial charge in [0.2, 0.25) is 0 Å². The summed E-state index contributed by atoms with van der Waals surface area (Å²) in [4.78, 5) is 0. The van der Waals surface area contributed by atoms with Crippen molar-refractivity contribution in [2.24, 2.45) is 0 Å². The molecule has 4 rings (SSSR count). The second-order valence-electron chi connectivity index (χ2n) is 7.84. The van der Waals surface area contributed by atoms with E-state index >= 15 is 0 Å². The molecular weight excluding hydrogens is 321 g/mol. The normalized spacial score (nSPS) is 26.2. The average molecular weight is 353 g/mol. The van der Waals surface area contributed by atoms with Gasteiger partial charge in [-0.1, -0.05) is 43.6 Å². The Balaban J connectivity index is 1.68. The van der Waals surface area contributed by atoms with Crippen LogP contribution in [0.2, 0.25) is 0 Å². The first-order valence-electron chi connectivity index (χ1n) is 10.4. The molecule has 1 nitrogen and oxygen atoms in total. The summed E-state index contributed by atoms with van der Waals surface area (Å²) >= 11 is 0. The Labute approximate surface area is 154 Å². The van der Waals surface area contributed by atoms with Crippen LogP contribution in [0.15, 0.2) is 48.7 Å². The molecule has 0 aliphatic heterocycles. The zero-order valence-corrected chi connectivity index (χ0v) is 16.3. The van der Waals surface area contributed by atoms with Gasteiger partial charge in [0.05, 0.1) is 0 Å². The Kier molecular flexibility index (Phi) is 5.93. The van der Waals surface area contributed by atoms with Crippen LogP contribution in [0.5, 0.6) is 0 Å². The third kappa shape index (κ3) is 4.03. The van der Waals surface area contributed by atoms with E-state index < -0.39 is 0 Å². The minimum atomic E-state index is -0.0981. The molecule has 0 amide bonds. The van der Waals surface area contributed by atoms with Gasteiger partial charge >= 0.3 is 0 Å². The van der Waals surface area contributed by atoms with Gasteiger partial charge in [-0.25, -0.2) is 0 Å². The van der Waals surface area contributed by atoms with Crippen LogP contribution >= 0.6 is 7.92 Å². The lowest BCUT2D eigenvalue weighted by molar-refractivity contribution is 0.509. The van der Waals surface area contributed by atoms with Gasteiger partial charge in [0.1, 0.15) is 0 Å². The first-order valence-corrected chi connectivity index (χ1v) is 11.9. The SMILES string of the molecule is C1=CCCCC(n2cccc2P(C2C=CCCC2)C2CCCCC2)=C1. The molecule has 3 aliphatic rings. The summed E-state index contributed by atoms with van der Waals surface area (Å²) in [6, 6.07) is 4.76. The van der Waals surface area contributed by atoms with E-state index in [1.807, 2.05) is 0 Å². The highest BCUT2D eigenvalue weighted by molar-refractivity contribution is 7.67. The standard InChI is InChI=1S/C23H32NP/c1-2-6-13-20(12-5-1)24-19-11-18-23(24)25(21-14-7-3-8-15-21)22-16-9-4-10-17-22/h1,5,7,11-12,14,18-19,21-22H,2-4,6,8-10,13,15-17H2. The van der Waals surface area contributed by atoms with Crippen molar-refractivity contribution in [2.45, 2.75) is 81.9 Å². The molecule has 1 heterocycles. The van der Waals surface area contributed by atoms with E-state index in [0.717, 1.165) is 11.3 Å². The summed E-state index contributed by atoms with van der Waals surface area (Å²) in [5.41, 5.74) is 4.91. The highest BCUT2D eigenvalue weighted by Gasteiger charge is 2.32. The fraction of sp³-hybridized carbons (Fsp3) is 0.565. The molecule has 2 heteroatoms. The van der Waals surface area contributed by atoms with E-state index in [4.69, 9.17) is 0 Å². The monoisotopic (exact) mass is 353 g/mol. The highest BCUT2D eigenvalue weighted by atomic mass is 31.1. The third-order valence-electron chi connectivity index (χ3n) is 6.08. The van der Waals surface area contributed by atoms with E-state index in [2.05, 4.69) is 53.3 Å². The van der Waals surface area contributed by atoms with Gasteiger partial charge in [0, 0.05) is 23.0 Å². The van der Waals surface area contributed by atoms with Crippen LogP contribution in [0.4, 0.5) is 0 Å². The Bertz CT molecular complexity index is 645. The van der Waals surface area contributed by atoms with Crippen molar-refractivity contribution >= 4 is 19.1 Å². The van der Waals surface area contributed by atoms with E-state index in [1.165, 1.54) is 76.3 Å². The van der Waals surface area contributed by atoms with Gasteiger partial charge in [-0.3, -0.25) is 0 Å². The van der Waals surface area contributed by atoms with Crippen LogP contribution in [0.3, 0.4) is 0 Å². The van der Waals surface area contributed by atoms with Gasteiger partial charge in [-0.2, -0.15) is 0 Å². The molecule has 1 aromatic heterocycles. The zero-order chi connectivity index (χ0) is 16.9. The van der Waals surface area contributed by atoms with Gasteiger partial charge in [0.25, 0.3) is 0 Å². The molecule has 0 aromatic carbocycles. The van der Waals surface area contributed by atoms with Crippen molar-refractivity contribution in [3.63, 3.8) is 0 Å². The number of hydrogen-bond donors (Lipinski definition) is 0. The first kappa shape index (κ1) is 17.3. The molecular formula is C23H32NP. The van der Waals surface area contributed by atoms with Gasteiger partial charge < -0.3 is 4.57 Å². The van der Waals surface area contributed by atoms with E-state index in [0.29, 0.717) is 0 Å². The van der Waals surface area contributed by atoms with Crippen LogP contribution in [-0.2, 0) is 0 Å². The molecule has 2 atom stereocenters. The van der Waals surface area contributed by atoms with Crippen LogP contribution < -0.4 is 5.44 Å². The lowest BCUT2D eigenvalue weighted by Gasteiger charge is -2.37. The van der Waals surface area contributed by atoms with Crippen molar-refractivity contribution in [1.82, 2.24) is 4.57 Å². The third-order valence-corrected chi connectivity index (χ3v) is 9.43. The molecule has 25 heavy (non-hydrogen) atoms. The lowest BCUT2D eigenvalue weighted by Crippen LogP contribution is -2.28. The summed E-state index contributed by atoms with van der Waals surface area (Å²) in [7, 11) is -0.0981. The fourth-order valence-corrected chi connectivity index (χ4v) is 8.45. The second kappa shape index (κ2) is 8.54. The molecule has 134 valence electrons. The Morgan fingerprint density at radius 1 is 0.920 bits per heavy atom. The van der Waals surface area contributed by atoms with Crippen LogP contribution in [0.1, 0.15) is 70.6 Å². The molecule has 1 saturated carbocycles. The molecule has 1 fully saturated rings. The Hall–Kier alpha value is -1.07. The number of hydrogen-bond acceptors (Lipinski definition) is 0. The van der Waals surface area contributed by atoms with Crippen LogP contribution in [0, 0.1) is 0 Å². The van der Waals surface area contributed by atoms with Crippen LogP contribution in [-0.4, -0.2) is 15.9 Å².